The summed E-state index contributed by atoms with van der Waals surface area (Å²) in [5, 5.41) is 0. The van der Waals surface area contributed by atoms with E-state index in [1.807, 2.05) is 0 Å². The van der Waals surface area contributed by atoms with Gasteiger partial charge in [-0.2, -0.15) is 0 Å². The van der Waals surface area contributed by atoms with Crippen LogP contribution in [0.15, 0.2) is 11.1 Å². The lowest BCUT2D eigenvalue weighted by Gasteiger charge is -1.92. The van der Waals surface area contributed by atoms with E-state index in [4.69, 9.17) is 0 Å². The number of nitrogens with zero attached hydrogens (tertiary/aromatic N) is 1. The molecule has 0 aliphatic carbocycles. The molecule has 0 aromatic carbocycles. The average molecular weight is 162 g/mol. The van der Waals surface area contributed by atoms with Gasteiger partial charge in [-0.15, -0.1) is 0 Å². The zero-order valence-electron chi connectivity index (χ0n) is 4.15. The van der Waals surface area contributed by atoms with Crippen molar-refractivity contribution in [2.75, 3.05) is 19.6 Å². The predicted octanol–water partition coefficient (Wildman–Crippen LogP) is 1.21. The number of hydrogen-bond donors (Lipinski definition) is 0. The highest BCUT2D eigenvalue weighted by atomic mass is 79.9. The molecule has 1 saturated heterocycles. The number of halogens is 1. The molecule has 0 unspecified atom stereocenters. The van der Waals surface area contributed by atoms with Crippen molar-refractivity contribution in [1.82, 2.24) is 4.90 Å². The molecule has 0 atom stereocenters. The van der Waals surface area contributed by atoms with Gasteiger partial charge in [0.15, 0.2) is 0 Å². The standard InChI is InChI=1S/C5H8BrN/c1-5(6)4-7-2-3-7/h1-4H2. The molecule has 1 nitrogen and oxygen atoms in total. The first-order valence-corrected chi connectivity index (χ1v) is 3.14. The summed E-state index contributed by atoms with van der Waals surface area (Å²) in [6, 6.07) is 0. The Kier molecular flexibility index (Phi) is 1.50. The summed E-state index contributed by atoms with van der Waals surface area (Å²) in [5.41, 5.74) is 0. The molecule has 0 radical (unpaired) electrons. The van der Waals surface area contributed by atoms with Crippen LogP contribution in [-0.4, -0.2) is 24.5 Å². The van der Waals surface area contributed by atoms with Gasteiger partial charge in [-0.3, -0.25) is 4.90 Å². The van der Waals surface area contributed by atoms with Gasteiger partial charge in [0, 0.05) is 24.1 Å². The maximum Gasteiger partial charge on any atom is 0.0294 e. The van der Waals surface area contributed by atoms with Crippen LogP contribution in [0, 0.1) is 0 Å². The molecule has 2 heteroatoms. The second kappa shape index (κ2) is 1.97. The first-order chi connectivity index (χ1) is 3.29. The van der Waals surface area contributed by atoms with Crippen LogP contribution in [0.4, 0.5) is 0 Å². The van der Waals surface area contributed by atoms with E-state index in [2.05, 4.69) is 27.4 Å². The van der Waals surface area contributed by atoms with Crippen LogP contribution in [0.5, 0.6) is 0 Å². The lowest BCUT2D eigenvalue weighted by atomic mass is 10.6. The second-order valence-corrected chi connectivity index (χ2v) is 2.91. The SMILES string of the molecule is C=C(Br)CN1CC1. The molecule has 0 bridgehead atoms. The quantitative estimate of drug-likeness (QED) is 0.551. The maximum atomic E-state index is 3.71. The van der Waals surface area contributed by atoms with Crippen molar-refractivity contribution in [3.8, 4) is 0 Å². The fraction of sp³-hybridized carbons (Fsp3) is 0.600. The van der Waals surface area contributed by atoms with Gasteiger partial charge in [0.1, 0.15) is 0 Å². The van der Waals surface area contributed by atoms with Crippen LogP contribution in [0.2, 0.25) is 0 Å². The largest absolute Gasteiger partial charge is 0.296 e. The highest BCUT2D eigenvalue weighted by molar-refractivity contribution is 9.11. The lowest BCUT2D eigenvalue weighted by Crippen LogP contribution is -1.96. The second-order valence-electron chi connectivity index (χ2n) is 1.79. The highest BCUT2D eigenvalue weighted by Crippen LogP contribution is 2.10. The molecule has 0 aromatic heterocycles. The van der Waals surface area contributed by atoms with Crippen LogP contribution in [0.1, 0.15) is 0 Å². The normalized spacial score (nSPS) is 19.6. The molecule has 0 saturated carbocycles. The van der Waals surface area contributed by atoms with E-state index < -0.39 is 0 Å². The minimum atomic E-state index is 1.03. The Labute approximate surface area is 52.1 Å². The third-order valence-electron chi connectivity index (χ3n) is 0.935. The van der Waals surface area contributed by atoms with E-state index in [0.29, 0.717) is 0 Å². The molecule has 1 fully saturated rings. The van der Waals surface area contributed by atoms with Crippen LogP contribution in [-0.2, 0) is 0 Å². The van der Waals surface area contributed by atoms with Crippen LogP contribution in [0.25, 0.3) is 0 Å². The Morgan fingerprint density at radius 1 is 1.71 bits per heavy atom. The first-order valence-electron chi connectivity index (χ1n) is 2.34. The van der Waals surface area contributed by atoms with Crippen molar-refractivity contribution in [2.45, 2.75) is 0 Å². The van der Waals surface area contributed by atoms with Crippen molar-refractivity contribution in [3.63, 3.8) is 0 Å². The van der Waals surface area contributed by atoms with Gasteiger partial charge >= 0.3 is 0 Å². The molecule has 0 spiro atoms. The summed E-state index contributed by atoms with van der Waals surface area (Å²) >= 11 is 3.28. The summed E-state index contributed by atoms with van der Waals surface area (Å²) < 4.78 is 1.09. The summed E-state index contributed by atoms with van der Waals surface area (Å²) in [7, 11) is 0. The lowest BCUT2D eigenvalue weighted by molar-refractivity contribution is 0.626. The van der Waals surface area contributed by atoms with Gasteiger partial charge in [0.25, 0.3) is 0 Å². The van der Waals surface area contributed by atoms with E-state index in [9.17, 15) is 0 Å². The number of hydrogen-bond acceptors (Lipinski definition) is 1. The van der Waals surface area contributed by atoms with Crippen molar-refractivity contribution >= 4 is 15.9 Å². The maximum absolute atomic E-state index is 3.71. The molecule has 40 valence electrons. The summed E-state index contributed by atoms with van der Waals surface area (Å²) in [6.07, 6.45) is 0. The van der Waals surface area contributed by atoms with Gasteiger partial charge in [-0.1, -0.05) is 22.5 Å². The van der Waals surface area contributed by atoms with Gasteiger partial charge in [0.05, 0.1) is 0 Å². The summed E-state index contributed by atoms with van der Waals surface area (Å²) in [4.78, 5) is 2.30. The molecule has 0 N–H and O–H groups in total. The Balaban J connectivity index is 2.08. The number of rotatable bonds is 2. The Bertz CT molecular complexity index is 86.1. The fourth-order valence-electron chi connectivity index (χ4n) is 0.471. The Morgan fingerprint density at radius 3 is 2.43 bits per heavy atom. The molecule has 0 amide bonds. The molecular formula is C5H8BrN. The monoisotopic (exact) mass is 161 g/mol. The minimum absolute atomic E-state index is 1.03. The van der Waals surface area contributed by atoms with Crippen molar-refractivity contribution < 1.29 is 0 Å². The summed E-state index contributed by atoms with van der Waals surface area (Å²) in [6.45, 7) is 7.25. The van der Waals surface area contributed by atoms with Gasteiger partial charge < -0.3 is 0 Å². The molecule has 1 heterocycles. The molecule has 7 heavy (non-hydrogen) atoms. The van der Waals surface area contributed by atoms with Crippen molar-refractivity contribution in [1.29, 1.82) is 0 Å². The smallest absolute Gasteiger partial charge is 0.0294 e. The fourth-order valence-corrected chi connectivity index (χ4v) is 0.826. The highest BCUT2D eigenvalue weighted by Gasteiger charge is 2.15. The Morgan fingerprint density at radius 2 is 2.29 bits per heavy atom. The zero-order valence-corrected chi connectivity index (χ0v) is 5.74. The van der Waals surface area contributed by atoms with E-state index in [0.717, 1.165) is 11.0 Å². The first kappa shape index (κ1) is 5.32. The molecule has 1 aliphatic heterocycles. The molecule has 1 aliphatic rings. The zero-order chi connectivity index (χ0) is 5.28. The third kappa shape index (κ3) is 2.09. The van der Waals surface area contributed by atoms with Crippen LogP contribution < -0.4 is 0 Å². The molecule has 1 rings (SSSR count). The van der Waals surface area contributed by atoms with Gasteiger partial charge in [-0.25, -0.2) is 0 Å². The topological polar surface area (TPSA) is 3.01 Å². The van der Waals surface area contributed by atoms with E-state index in [1.165, 1.54) is 13.1 Å². The average Bonchev–Trinajstić information content (AvgIpc) is 2.17. The van der Waals surface area contributed by atoms with Crippen molar-refractivity contribution in [3.05, 3.63) is 11.1 Å². The minimum Gasteiger partial charge on any atom is -0.296 e. The van der Waals surface area contributed by atoms with Gasteiger partial charge in [0.2, 0.25) is 0 Å². The van der Waals surface area contributed by atoms with E-state index in [1.54, 1.807) is 0 Å². The molecule has 0 aromatic rings. The van der Waals surface area contributed by atoms with Gasteiger partial charge in [-0.05, 0) is 0 Å². The predicted molar refractivity (Wildman–Crippen MR) is 34.5 cm³/mol. The molecular weight excluding hydrogens is 154 g/mol. The van der Waals surface area contributed by atoms with Crippen LogP contribution in [0.3, 0.4) is 0 Å². The van der Waals surface area contributed by atoms with Crippen LogP contribution >= 0.6 is 15.9 Å². The van der Waals surface area contributed by atoms with E-state index >= 15 is 0 Å². The third-order valence-corrected chi connectivity index (χ3v) is 1.19. The Hall–Kier alpha value is 0.180. The van der Waals surface area contributed by atoms with Crippen molar-refractivity contribution in [2.24, 2.45) is 0 Å². The summed E-state index contributed by atoms with van der Waals surface area (Å²) in [5.74, 6) is 0. The van der Waals surface area contributed by atoms with E-state index in [-0.39, 0.29) is 0 Å².